The van der Waals surface area contributed by atoms with Crippen molar-refractivity contribution in [2.45, 2.75) is 31.6 Å². The van der Waals surface area contributed by atoms with Crippen LogP contribution in [-0.2, 0) is 9.53 Å². The van der Waals surface area contributed by atoms with E-state index in [1.165, 1.54) is 26.4 Å². The Bertz CT molecular complexity index is 825. The van der Waals surface area contributed by atoms with Gasteiger partial charge in [0.25, 0.3) is 0 Å². The van der Waals surface area contributed by atoms with Gasteiger partial charge in [0.15, 0.2) is 5.13 Å². The molecule has 1 amide bonds. The monoisotopic (exact) mass is 371 g/mol. The van der Waals surface area contributed by atoms with Gasteiger partial charge in [-0.3, -0.25) is 4.79 Å². The number of piperidine rings is 1. The Morgan fingerprint density at radius 2 is 1.96 bits per heavy atom. The number of methoxy groups -OCH3 is 1. The van der Waals surface area contributed by atoms with E-state index in [0.717, 1.165) is 28.7 Å². The summed E-state index contributed by atoms with van der Waals surface area (Å²) in [5.41, 5.74) is 1.53. The van der Waals surface area contributed by atoms with Crippen molar-refractivity contribution in [3.63, 3.8) is 0 Å². The van der Waals surface area contributed by atoms with Crippen molar-refractivity contribution in [2.75, 3.05) is 30.4 Å². The van der Waals surface area contributed by atoms with Gasteiger partial charge in [-0.1, -0.05) is 23.5 Å². The maximum Gasteiger partial charge on any atom is 0.337 e. The Kier molecular flexibility index (Phi) is 4.63. The van der Waals surface area contributed by atoms with E-state index in [4.69, 9.17) is 9.72 Å². The largest absolute Gasteiger partial charge is 0.465 e. The van der Waals surface area contributed by atoms with Crippen LogP contribution in [0, 0.1) is 0 Å². The smallest absolute Gasteiger partial charge is 0.337 e. The fraction of sp³-hybridized carbons (Fsp3) is 0.421. The number of hydrogen-bond donors (Lipinski definition) is 1. The minimum atomic E-state index is -0.358. The quantitative estimate of drug-likeness (QED) is 0.838. The van der Waals surface area contributed by atoms with Gasteiger partial charge in [-0.2, -0.15) is 0 Å². The van der Waals surface area contributed by atoms with Crippen LogP contribution in [0.25, 0.3) is 0 Å². The van der Waals surface area contributed by atoms with Gasteiger partial charge in [0.1, 0.15) is 5.82 Å². The molecule has 136 valence electrons. The summed E-state index contributed by atoms with van der Waals surface area (Å²) in [6.45, 7) is 2.05. The lowest BCUT2D eigenvalue weighted by molar-refractivity contribution is -0.116. The molecule has 1 atom stereocenters. The molecule has 1 saturated heterocycles. The zero-order valence-corrected chi connectivity index (χ0v) is 15.5. The molecule has 1 aromatic heterocycles. The van der Waals surface area contributed by atoms with Gasteiger partial charge in [0, 0.05) is 25.4 Å². The molecule has 1 aromatic carbocycles. The predicted octanol–water partition coefficient (Wildman–Crippen LogP) is 3.39. The molecule has 2 aliphatic rings. The van der Waals surface area contributed by atoms with E-state index in [-0.39, 0.29) is 17.8 Å². The summed E-state index contributed by atoms with van der Waals surface area (Å²) in [7, 11) is 1.37. The van der Waals surface area contributed by atoms with Crippen LogP contribution in [0.5, 0.6) is 0 Å². The van der Waals surface area contributed by atoms with Crippen LogP contribution >= 0.6 is 11.3 Å². The minimum Gasteiger partial charge on any atom is -0.465 e. The molecule has 0 bridgehead atoms. The van der Waals surface area contributed by atoms with E-state index in [1.807, 2.05) is 12.1 Å². The summed E-state index contributed by atoms with van der Waals surface area (Å²) in [5, 5.41) is 3.91. The van der Waals surface area contributed by atoms with Gasteiger partial charge < -0.3 is 15.0 Å². The van der Waals surface area contributed by atoms with Crippen LogP contribution in [0.15, 0.2) is 24.3 Å². The summed E-state index contributed by atoms with van der Waals surface area (Å²) in [6, 6.07) is 7.30. The standard InChI is InChI=1S/C19H21N3O3S/c1-25-18(24)13-7-5-12(6-8-13)14-11-15(23)20-17-16(14)26-19(21-17)22-9-3-2-4-10-22/h5-8,14H,2-4,9-11H2,1H3,(H,20,23)/t14-/m1/s1. The Morgan fingerprint density at radius 1 is 1.23 bits per heavy atom. The fourth-order valence-electron chi connectivity index (χ4n) is 3.57. The van der Waals surface area contributed by atoms with E-state index in [0.29, 0.717) is 17.8 Å². The van der Waals surface area contributed by atoms with Gasteiger partial charge in [-0.25, -0.2) is 9.78 Å². The molecule has 3 heterocycles. The molecule has 4 rings (SSSR count). The summed E-state index contributed by atoms with van der Waals surface area (Å²) >= 11 is 1.67. The molecule has 1 N–H and O–H groups in total. The second-order valence-electron chi connectivity index (χ2n) is 6.68. The number of benzene rings is 1. The Morgan fingerprint density at radius 3 is 2.65 bits per heavy atom. The van der Waals surface area contributed by atoms with Gasteiger partial charge in [-0.05, 0) is 37.0 Å². The fourth-order valence-corrected chi connectivity index (χ4v) is 4.77. The zero-order chi connectivity index (χ0) is 18.1. The third-order valence-corrected chi connectivity index (χ3v) is 6.20. The number of anilines is 2. The van der Waals surface area contributed by atoms with Crippen molar-refractivity contribution in [3.05, 3.63) is 40.3 Å². The lowest BCUT2D eigenvalue weighted by Crippen LogP contribution is -2.29. The molecule has 2 aromatic rings. The molecule has 0 radical (unpaired) electrons. The van der Waals surface area contributed by atoms with Crippen LogP contribution in [0.1, 0.15) is 52.4 Å². The molecule has 0 unspecified atom stereocenters. The molecular weight excluding hydrogens is 350 g/mol. The number of esters is 1. The molecule has 2 aliphatic heterocycles. The van der Waals surface area contributed by atoms with Gasteiger partial charge in [-0.15, -0.1) is 0 Å². The lowest BCUT2D eigenvalue weighted by Gasteiger charge is -2.25. The highest BCUT2D eigenvalue weighted by atomic mass is 32.1. The predicted molar refractivity (Wildman–Crippen MR) is 101 cm³/mol. The van der Waals surface area contributed by atoms with Gasteiger partial charge in [0.2, 0.25) is 5.91 Å². The number of carbonyl (C=O) groups is 2. The number of ether oxygens (including phenoxy) is 1. The average molecular weight is 371 g/mol. The van der Waals surface area contributed by atoms with Gasteiger partial charge in [0.05, 0.1) is 17.6 Å². The van der Waals surface area contributed by atoms with Crippen LogP contribution in [0.2, 0.25) is 0 Å². The number of fused-ring (bicyclic) bond motifs is 1. The lowest BCUT2D eigenvalue weighted by atomic mass is 9.91. The highest BCUT2D eigenvalue weighted by Crippen LogP contribution is 2.43. The third-order valence-electron chi connectivity index (χ3n) is 4.97. The van der Waals surface area contributed by atoms with E-state index >= 15 is 0 Å². The highest BCUT2D eigenvalue weighted by Gasteiger charge is 2.31. The van der Waals surface area contributed by atoms with Crippen LogP contribution in [-0.4, -0.2) is 37.1 Å². The average Bonchev–Trinajstić information content (AvgIpc) is 3.11. The number of thiazole rings is 1. The number of carbonyl (C=O) groups excluding carboxylic acids is 2. The number of hydrogen-bond acceptors (Lipinski definition) is 6. The van der Waals surface area contributed by atoms with E-state index in [1.54, 1.807) is 23.5 Å². The SMILES string of the molecule is COC(=O)c1ccc([C@H]2CC(=O)Nc3nc(N4CCCCC4)sc32)cc1. The number of nitrogens with zero attached hydrogens (tertiary/aromatic N) is 2. The van der Waals surface area contributed by atoms with Crippen LogP contribution in [0.3, 0.4) is 0 Å². The number of amides is 1. The van der Waals surface area contributed by atoms with Gasteiger partial charge >= 0.3 is 5.97 Å². The van der Waals surface area contributed by atoms with E-state index in [9.17, 15) is 9.59 Å². The molecule has 6 nitrogen and oxygen atoms in total. The first-order valence-electron chi connectivity index (χ1n) is 8.89. The molecule has 0 spiro atoms. The Balaban J connectivity index is 1.65. The Labute approximate surface area is 156 Å². The van der Waals surface area contributed by atoms with E-state index in [2.05, 4.69) is 10.2 Å². The number of nitrogens with one attached hydrogen (secondary N) is 1. The first-order chi connectivity index (χ1) is 12.7. The maximum atomic E-state index is 12.2. The van der Waals surface area contributed by atoms with Crippen molar-refractivity contribution in [2.24, 2.45) is 0 Å². The van der Waals surface area contributed by atoms with Crippen molar-refractivity contribution in [1.82, 2.24) is 4.98 Å². The molecule has 26 heavy (non-hydrogen) atoms. The van der Waals surface area contributed by atoms with E-state index < -0.39 is 0 Å². The molecular formula is C19H21N3O3S. The van der Waals surface area contributed by atoms with Crippen molar-refractivity contribution >= 4 is 34.2 Å². The number of aromatic nitrogens is 1. The molecule has 0 saturated carbocycles. The summed E-state index contributed by atoms with van der Waals surface area (Å²) in [5.74, 6) is 0.286. The first-order valence-corrected chi connectivity index (χ1v) is 9.71. The number of rotatable bonds is 3. The summed E-state index contributed by atoms with van der Waals surface area (Å²) < 4.78 is 4.75. The minimum absolute atomic E-state index is 0.0185. The second kappa shape index (κ2) is 7.07. The van der Waals surface area contributed by atoms with Crippen molar-refractivity contribution in [3.8, 4) is 0 Å². The van der Waals surface area contributed by atoms with Crippen LogP contribution < -0.4 is 10.2 Å². The highest BCUT2D eigenvalue weighted by molar-refractivity contribution is 7.16. The first kappa shape index (κ1) is 17.0. The third kappa shape index (κ3) is 3.19. The van der Waals surface area contributed by atoms with Crippen LogP contribution in [0.4, 0.5) is 10.9 Å². The molecule has 1 fully saturated rings. The second-order valence-corrected chi connectivity index (χ2v) is 7.68. The summed E-state index contributed by atoms with van der Waals surface area (Å²) in [6.07, 6.45) is 4.05. The normalized spacial score (nSPS) is 19.7. The molecule has 7 heteroatoms. The topological polar surface area (TPSA) is 71.5 Å². The van der Waals surface area contributed by atoms with Crippen molar-refractivity contribution < 1.29 is 14.3 Å². The Hall–Kier alpha value is -2.41. The molecule has 0 aliphatic carbocycles. The maximum absolute atomic E-state index is 12.2. The van der Waals surface area contributed by atoms with Crippen molar-refractivity contribution in [1.29, 1.82) is 0 Å². The summed E-state index contributed by atoms with van der Waals surface area (Å²) in [4.78, 5) is 31.9. The zero-order valence-electron chi connectivity index (χ0n) is 14.7.